The number of hydrogen-bond acceptors (Lipinski definition) is 26. The lowest BCUT2D eigenvalue weighted by Crippen LogP contribution is -2.68. The summed E-state index contributed by atoms with van der Waals surface area (Å²) in [5, 5.41) is 153. The minimum absolute atomic E-state index is 0.108. The monoisotopic (exact) mass is 1190 g/mol. The molecular weight excluding hydrogens is 1100 g/mol. The van der Waals surface area contributed by atoms with Crippen molar-refractivity contribution in [2.45, 2.75) is 271 Å². The molecule has 0 aromatic carbocycles. The van der Waals surface area contributed by atoms with E-state index < -0.39 is 185 Å². The molecule has 0 radical (unpaired) electrons. The maximum absolute atomic E-state index is 12.4. The van der Waals surface area contributed by atoms with E-state index in [-0.39, 0.29) is 16.9 Å². The SMILES string of the molecule is CC1CCC2(OC1)OC1CC3C4CC=C5CC(OC6OC(CO)C(OC7OC(CO)C(OC8OC(C)C(OC9OC(CO)C(O)C(O)C9O)C(O)C8O)C(O)C7O)C(O)C6OC6OC(C)C(O)C(O)C6O)CCC5(C)C4CCC3(C)C1C2C. The molecule has 14 N–H and O–H groups in total. The molecular formula is C57H92O26. The summed E-state index contributed by atoms with van der Waals surface area (Å²) in [6, 6.07) is 0. The zero-order valence-corrected chi connectivity index (χ0v) is 48.0. The molecule has 11 rings (SSSR count). The predicted octanol–water partition coefficient (Wildman–Crippen LogP) is -3.11. The average molecular weight is 1190 g/mol. The maximum Gasteiger partial charge on any atom is 0.187 e. The third-order valence-corrected chi connectivity index (χ3v) is 21.9. The van der Waals surface area contributed by atoms with Crippen LogP contribution in [0.2, 0.25) is 0 Å². The van der Waals surface area contributed by atoms with Gasteiger partial charge in [-0.3, -0.25) is 0 Å². The Morgan fingerprint density at radius 3 is 1.67 bits per heavy atom. The van der Waals surface area contributed by atoms with Crippen LogP contribution in [0.25, 0.3) is 0 Å². The Morgan fingerprint density at radius 2 is 1.05 bits per heavy atom. The number of aliphatic hydroxyl groups excluding tert-OH is 14. The van der Waals surface area contributed by atoms with Gasteiger partial charge in [0.15, 0.2) is 37.2 Å². The Labute approximate surface area is 482 Å². The fraction of sp³-hybridized carbons (Fsp3) is 0.965. The second-order valence-electron chi connectivity index (χ2n) is 26.7. The molecule has 4 aliphatic carbocycles. The van der Waals surface area contributed by atoms with Crippen LogP contribution in [0.4, 0.5) is 0 Å². The molecule has 7 aliphatic heterocycles. The van der Waals surface area contributed by atoms with E-state index >= 15 is 0 Å². The summed E-state index contributed by atoms with van der Waals surface area (Å²) in [7, 11) is 0. The van der Waals surface area contributed by atoms with E-state index in [4.69, 9.17) is 56.8 Å². The van der Waals surface area contributed by atoms with Crippen LogP contribution < -0.4 is 0 Å². The molecule has 0 amide bonds. The highest BCUT2D eigenvalue weighted by Gasteiger charge is 2.69. The number of fused-ring (bicyclic) bond motifs is 7. The standard InChI is InChI=1S/C57H92O26/c1-21-9-14-57(72-20-21)22(2)34-30(83-57)16-29-27-8-7-25-15-26(10-12-55(25,5)28(27)11-13-56(29,34)6)75-54-49(82-50-41(67)37(63)35(61)23(3)73-50)45(71)48(33(19-60)78-54)81-53-44(70)40(66)47(32(18-59)77-53)80-51-43(69)39(65)46(24(4)74-51)79-52-42(68)38(64)36(62)31(17-58)76-52/h7,21-24,26-54,58-71H,8-20H2,1-6H3. The Morgan fingerprint density at radius 1 is 0.506 bits per heavy atom. The Kier molecular flexibility index (Phi) is 18.7. The van der Waals surface area contributed by atoms with Crippen molar-refractivity contribution in [2.75, 3.05) is 26.4 Å². The lowest BCUT2D eigenvalue weighted by atomic mass is 9.47. The molecule has 26 heteroatoms. The normalized spacial score (nSPS) is 57.3. The Hall–Kier alpha value is -1.30. The van der Waals surface area contributed by atoms with Crippen LogP contribution in [0.1, 0.15) is 99.3 Å². The minimum Gasteiger partial charge on any atom is -0.394 e. The van der Waals surface area contributed by atoms with Gasteiger partial charge in [-0.15, -0.1) is 0 Å². The molecule has 11 aliphatic rings. The molecule has 0 aromatic heterocycles. The second-order valence-corrected chi connectivity index (χ2v) is 26.7. The summed E-state index contributed by atoms with van der Waals surface area (Å²) in [5.41, 5.74) is 1.30. The quantitative estimate of drug-likeness (QED) is 0.0812. The van der Waals surface area contributed by atoms with Crippen LogP contribution >= 0.6 is 0 Å². The van der Waals surface area contributed by atoms with Crippen molar-refractivity contribution >= 4 is 0 Å². The number of hydrogen-bond donors (Lipinski definition) is 14. The number of ether oxygens (including phenoxy) is 12. The minimum atomic E-state index is -2.05. The van der Waals surface area contributed by atoms with E-state index in [1.165, 1.54) is 19.4 Å². The summed E-state index contributed by atoms with van der Waals surface area (Å²) in [5.74, 6) is 2.23. The lowest BCUT2D eigenvalue weighted by Gasteiger charge is -2.59. The first-order chi connectivity index (χ1) is 39.4. The first kappa shape index (κ1) is 63.3. The lowest BCUT2D eigenvalue weighted by molar-refractivity contribution is -0.398. The molecule has 26 nitrogen and oxygen atoms in total. The summed E-state index contributed by atoms with van der Waals surface area (Å²) >= 11 is 0. The van der Waals surface area contributed by atoms with E-state index in [1.54, 1.807) is 0 Å². The molecule has 0 bridgehead atoms. The smallest absolute Gasteiger partial charge is 0.187 e. The zero-order chi connectivity index (χ0) is 59.5. The molecule has 10 fully saturated rings. The maximum atomic E-state index is 12.4. The highest BCUT2D eigenvalue weighted by atomic mass is 16.8. The van der Waals surface area contributed by atoms with Gasteiger partial charge in [-0.25, -0.2) is 0 Å². The van der Waals surface area contributed by atoms with Crippen molar-refractivity contribution in [1.82, 2.24) is 0 Å². The number of aliphatic hydroxyl groups is 14. The van der Waals surface area contributed by atoms with Gasteiger partial charge < -0.3 is 128 Å². The van der Waals surface area contributed by atoms with E-state index in [0.29, 0.717) is 48.3 Å². The van der Waals surface area contributed by atoms with Crippen LogP contribution in [0, 0.1) is 46.3 Å². The van der Waals surface area contributed by atoms with Crippen LogP contribution in [0.5, 0.6) is 0 Å². The van der Waals surface area contributed by atoms with Gasteiger partial charge in [-0.2, -0.15) is 0 Å². The average Bonchev–Trinajstić information content (AvgIpc) is 1.64. The highest BCUT2D eigenvalue weighted by Crippen LogP contribution is 2.71. The van der Waals surface area contributed by atoms with E-state index in [9.17, 15) is 71.5 Å². The predicted molar refractivity (Wildman–Crippen MR) is 278 cm³/mol. The van der Waals surface area contributed by atoms with Gasteiger partial charge in [-0.05, 0) is 106 Å². The van der Waals surface area contributed by atoms with Gasteiger partial charge in [-0.1, -0.05) is 39.3 Å². The van der Waals surface area contributed by atoms with Crippen LogP contribution in [0.3, 0.4) is 0 Å². The topological polar surface area (TPSA) is 394 Å². The molecule has 0 aromatic rings. The summed E-state index contributed by atoms with van der Waals surface area (Å²) in [6.45, 7) is 10.6. The van der Waals surface area contributed by atoms with E-state index in [0.717, 1.165) is 51.6 Å². The van der Waals surface area contributed by atoms with Crippen LogP contribution in [0.15, 0.2) is 11.6 Å². The van der Waals surface area contributed by atoms with Gasteiger partial charge in [0.2, 0.25) is 0 Å². The second kappa shape index (κ2) is 24.5. The molecule has 7 heterocycles. The molecule has 36 unspecified atom stereocenters. The fourth-order valence-corrected chi connectivity index (χ4v) is 17.0. The molecule has 36 atom stereocenters. The molecule has 476 valence electrons. The highest BCUT2D eigenvalue weighted by molar-refractivity contribution is 5.26. The van der Waals surface area contributed by atoms with E-state index in [2.05, 4.69) is 33.8 Å². The third-order valence-electron chi connectivity index (χ3n) is 21.9. The van der Waals surface area contributed by atoms with Crippen molar-refractivity contribution in [3.63, 3.8) is 0 Å². The van der Waals surface area contributed by atoms with Crippen LogP contribution in [-0.4, -0.2) is 269 Å². The molecule has 1 spiro atoms. The van der Waals surface area contributed by atoms with Crippen molar-refractivity contribution in [3.05, 3.63) is 11.6 Å². The van der Waals surface area contributed by atoms with Crippen molar-refractivity contribution < 1.29 is 128 Å². The van der Waals surface area contributed by atoms with Gasteiger partial charge in [0.25, 0.3) is 0 Å². The summed E-state index contributed by atoms with van der Waals surface area (Å²) in [4.78, 5) is 0. The number of rotatable bonds is 13. The van der Waals surface area contributed by atoms with Gasteiger partial charge in [0.1, 0.15) is 110 Å². The Balaban J connectivity index is 0.761. The largest absolute Gasteiger partial charge is 0.394 e. The molecule has 7 saturated heterocycles. The first-order valence-electron chi connectivity index (χ1n) is 30.3. The third kappa shape index (κ3) is 11.0. The zero-order valence-electron chi connectivity index (χ0n) is 48.0. The molecule has 3 saturated carbocycles. The van der Waals surface area contributed by atoms with Crippen molar-refractivity contribution in [3.8, 4) is 0 Å². The summed E-state index contributed by atoms with van der Waals surface area (Å²) < 4.78 is 73.7. The van der Waals surface area contributed by atoms with Gasteiger partial charge >= 0.3 is 0 Å². The van der Waals surface area contributed by atoms with E-state index in [1.807, 2.05) is 0 Å². The summed E-state index contributed by atoms with van der Waals surface area (Å²) in [6.07, 6.45) is -31.4. The Bertz CT molecular complexity index is 2220. The van der Waals surface area contributed by atoms with Crippen molar-refractivity contribution in [2.24, 2.45) is 46.3 Å². The van der Waals surface area contributed by atoms with Crippen LogP contribution in [-0.2, 0) is 56.8 Å². The molecule has 83 heavy (non-hydrogen) atoms. The fourth-order valence-electron chi connectivity index (χ4n) is 17.0. The van der Waals surface area contributed by atoms with Gasteiger partial charge in [0.05, 0.1) is 50.8 Å². The first-order valence-corrected chi connectivity index (χ1v) is 30.3. The van der Waals surface area contributed by atoms with Crippen molar-refractivity contribution in [1.29, 1.82) is 0 Å². The van der Waals surface area contributed by atoms with Gasteiger partial charge in [0, 0.05) is 12.3 Å². The number of allylic oxidation sites excluding steroid dienone is 1.